The van der Waals surface area contributed by atoms with Crippen molar-refractivity contribution in [3.05, 3.63) is 62.4 Å². The SMILES string of the molecule is CCc1ccc(NC(=O)Cn2c(=O)c3c(OC)c(C)cnc3n(C)c2=O)cc1. The number of fused-ring (bicyclic) bond motifs is 1. The number of amides is 1. The quantitative estimate of drug-likeness (QED) is 0.723. The number of benzene rings is 1. The van der Waals surface area contributed by atoms with Crippen LogP contribution in [0.15, 0.2) is 40.1 Å². The lowest BCUT2D eigenvalue weighted by molar-refractivity contribution is -0.116. The molecule has 3 aromatic rings. The first-order valence-corrected chi connectivity index (χ1v) is 8.89. The highest BCUT2D eigenvalue weighted by atomic mass is 16.5. The van der Waals surface area contributed by atoms with Crippen LogP contribution >= 0.6 is 0 Å². The van der Waals surface area contributed by atoms with Crippen LogP contribution < -0.4 is 21.3 Å². The summed E-state index contributed by atoms with van der Waals surface area (Å²) in [6.45, 7) is 3.39. The Labute approximate surface area is 161 Å². The maximum absolute atomic E-state index is 13.0. The largest absolute Gasteiger partial charge is 0.495 e. The fourth-order valence-electron chi connectivity index (χ4n) is 3.09. The second kappa shape index (κ2) is 7.67. The minimum Gasteiger partial charge on any atom is -0.495 e. The third-order valence-electron chi connectivity index (χ3n) is 4.64. The normalized spacial score (nSPS) is 10.9. The Morgan fingerprint density at radius 3 is 2.50 bits per heavy atom. The average molecular weight is 382 g/mol. The summed E-state index contributed by atoms with van der Waals surface area (Å²) in [5.74, 6) is -0.128. The molecule has 8 nitrogen and oxygen atoms in total. The number of methoxy groups -OCH3 is 1. The topological polar surface area (TPSA) is 95.2 Å². The van der Waals surface area contributed by atoms with Crippen molar-refractivity contribution in [3.63, 3.8) is 0 Å². The molecule has 1 N–H and O–H groups in total. The Balaban J connectivity index is 2.01. The van der Waals surface area contributed by atoms with Gasteiger partial charge in [-0.1, -0.05) is 19.1 Å². The molecule has 146 valence electrons. The maximum atomic E-state index is 13.0. The summed E-state index contributed by atoms with van der Waals surface area (Å²) in [4.78, 5) is 42.2. The van der Waals surface area contributed by atoms with Gasteiger partial charge in [0.15, 0.2) is 5.65 Å². The summed E-state index contributed by atoms with van der Waals surface area (Å²) in [6.07, 6.45) is 2.43. The van der Waals surface area contributed by atoms with Crippen molar-refractivity contribution in [2.45, 2.75) is 26.8 Å². The van der Waals surface area contributed by atoms with Crippen LogP contribution in [0.4, 0.5) is 5.69 Å². The number of pyridine rings is 1. The number of aromatic nitrogens is 3. The third kappa shape index (κ3) is 3.40. The van der Waals surface area contributed by atoms with E-state index in [1.165, 1.54) is 24.9 Å². The van der Waals surface area contributed by atoms with E-state index in [9.17, 15) is 14.4 Å². The first kappa shape index (κ1) is 19.3. The summed E-state index contributed by atoms with van der Waals surface area (Å²) in [6, 6.07) is 7.40. The number of ether oxygens (including phenoxy) is 1. The summed E-state index contributed by atoms with van der Waals surface area (Å²) < 4.78 is 7.47. The molecule has 2 heterocycles. The van der Waals surface area contributed by atoms with E-state index < -0.39 is 23.7 Å². The van der Waals surface area contributed by atoms with E-state index >= 15 is 0 Å². The average Bonchev–Trinajstić information content (AvgIpc) is 2.69. The Bertz CT molecular complexity index is 1160. The summed E-state index contributed by atoms with van der Waals surface area (Å²) in [7, 11) is 2.95. The number of rotatable bonds is 5. The lowest BCUT2D eigenvalue weighted by atomic mass is 10.1. The van der Waals surface area contributed by atoms with Gasteiger partial charge in [0.05, 0.1) is 7.11 Å². The van der Waals surface area contributed by atoms with Gasteiger partial charge in [-0.2, -0.15) is 0 Å². The number of carbonyl (C=O) groups excluding carboxylic acids is 1. The second-order valence-electron chi connectivity index (χ2n) is 6.50. The highest BCUT2D eigenvalue weighted by Crippen LogP contribution is 2.23. The number of nitrogens with zero attached hydrogens (tertiary/aromatic N) is 3. The van der Waals surface area contributed by atoms with Gasteiger partial charge in [-0.15, -0.1) is 0 Å². The molecule has 0 aliphatic heterocycles. The molecule has 0 radical (unpaired) electrons. The number of nitrogens with one attached hydrogen (secondary N) is 1. The molecule has 0 bridgehead atoms. The number of carbonyl (C=O) groups is 1. The first-order valence-electron chi connectivity index (χ1n) is 8.89. The number of aryl methyl sites for hydroxylation is 3. The summed E-state index contributed by atoms with van der Waals surface area (Å²) >= 11 is 0. The highest BCUT2D eigenvalue weighted by Gasteiger charge is 2.19. The van der Waals surface area contributed by atoms with E-state index in [1.54, 1.807) is 19.1 Å². The minimum absolute atomic E-state index is 0.171. The first-order chi connectivity index (χ1) is 13.4. The van der Waals surface area contributed by atoms with Crippen molar-refractivity contribution < 1.29 is 9.53 Å². The minimum atomic E-state index is -0.618. The lowest BCUT2D eigenvalue weighted by Gasteiger charge is -2.13. The predicted molar refractivity (Wildman–Crippen MR) is 107 cm³/mol. The van der Waals surface area contributed by atoms with Crippen molar-refractivity contribution in [1.82, 2.24) is 14.1 Å². The molecule has 0 spiro atoms. The molecule has 2 aromatic heterocycles. The smallest absolute Gasteiger partial charge is 0.332 e. The van der Waals surface area contributed by atoms with Crippen LogP contribution in [-0.2, 0) is 24.8 Å². The predicted octanol–water partition coefficient (Wildman–Crippen LogP) is 1.61. The van der Waals surface area contributed by atoms with Crippen molar-refractivity contribution in [1.29, 1.82) is 0 Å². The molecule has 0 atom stereocenters. The Hall–Kier alpha value is -3.42. The van der Waals surface area contributed by atoms with Gasteiger partial charge in [0, 0.05) is 24.5 Å². The molecule has 0 aliphatic carbocycles. The lowest BCUT2D eigenvalue weighted by Crippen LogP contribution is -2.42. The Morgan fingerprint density at radius 2 is 1.89 bits per heavy atom. The molecule has 0 saturated heterocycles. The Morgan fingerprint density at radius 1 is 1.21 bits per heavy atom. The van der Waals surface area contributed by atoms with E-state index in [-0.39, 0.29) is 11.0 Å². The van der Waals surface area contributed by atoms with Gasteiger partial charge in [0.25, 0.3) is 5.56 Å². The molecule has 0 saturated carbocycles. The zero-order valence-corrected chi connectivity index (χ0v) is 16.3. The van der Waals surface area contributed by atoms with E-state index in [4.69, 9.17) is 4.74 Å². The van der Waals surface area contributed by atoms with Crippen LogP contribution in [0.2, 0.25) is 0 Å². The van der Waals surface area contributed by atoms with Gasteiger partial charge < -0.3 is 10.1 Å². The van der Waals surface area contributed by atoms with Gasteiger partial charge in [-0.25, -0.2) is 14.3 Å². The van der Waals surface area contributed by atoms with E-state index in [1.807, 2.05) is 19.1 Å². The van der Waals surface area contributed by atoms with Crippen LogP contribution in [0.5, 0.6) is 5.75 Å². The van der Waals surface area contributed by atoms with Crippen molar-refractivity contribution in [3.8, 4) is 5.75 Å². The van der Waals surface area contributed by atoms with Gasteiger partial charge >= 0.3 is 5.69 Å². The van der Waals surface area contributed by atoms with Gasteiger partial charge in [-0.3, -0.25) is 14.2 Å². The molecular formula is C20H22N4O4. The van der Waals surface area contributed by atoms with Crippen molar-refractivity contribution in [2.24, 2.45) is 7.05 Å². The third-order valence-corrected chi connectivity index (χ3v) is 4.64. The van der Waals surface area contributed by atoms with Gasteiger partial charge in [-0.05, 0) is 31.0 Å². The van der Waals surface area contributed by atoms with Crippen molar-refractivity contribution >= 4 is 22.6 Å². The molecule has 1 amide bonds. The fraction of sp³-hybridized carbons (Fsp3) is 0.300. The van der Waals surface area contributed by atoms with Crippen LogP contribution in [0.25, 0.3) is 11.0 Å². The molecular weight excluding hydrogens is 360 g/mol. The van der Waals surface area contributed by atoms with Crippen LogP contribution in [0.3, 0.4) is 0 Å². The van der Waals surface area contributed by atoms with Gasteiger partial charge in [0.1, 0.15) is 17.7 Å². The standard InChI is InChI=1S/C20H22N4O4/c1-5-13-6-8-14(9-7-13)22-15(25)11-24-19(26)16-17(28-4)12(2)10-21-18(16)23(3)20(24)27/h6-10H,5,11H2,1-4H3,(H,22,25). The zero-order valence-electron chi connectivity index (χ0n) is 16.3. The summed E-state index contributed by atoms with van der Waals surface area (Å²) in [5.41, 5.74) is 1.40. The maximum Gasteiger partial charge on any atom is 0.332 e. The number of hydrogen-bond acceptors (Lipinski definition) is 5. The highest BCUT2D eigenvalue weighted by molar-refractivity contribution is 5.91. The monoisotopic (exact) mass is 382 g/mol. The van der Waals surface area contributed by atoms with E-state index in [2.05, 4.69) is 10.3 Å². The molecule has 28 heavy (non-hydrogen) atoms. The Kier molecular flexibility index (Phi) is 5.30. The molecule has 0 aliphatic rings. The number of hydrogen-bond donors (Lipinski definition) is 1. The molecule has 1 aromatic carbocycles. The van der Waals surface area contributed by atoms with Crippen LogP contribution in [0.1, 0.15) is 18.1 Å². The molecule has 0 unspecified atom stereocenters. The second-order valence-corrected chi connectivity index (χ2v) is 6.50. The van der Waals surface area contributed by atoms with Crippen molar-refractivity contribution in [2.75, 3.05) is 12.4 Å². The fourth-order valence-corrected chi connectivity index (χ4v) is 3.09. The van der Waals surface area contributed by atoms with E-state index in [0.717, 1.165) is 16.6 Å². The number of anilines is 1. The summed E-state index contributed by atoms with van der Waals surface area (Å²) in [5, 5.41) is 2.88. The molecule has 8 heteroatoms. The van der Waals surface area contributed by atoms with Crippen LogP contribution in [0, 0.1) is 6.92 Å². The molecule has 3 rings (SSSR count). The van der Waals surface area contributed by atoms with Gasteiger partial charge in [0.2, 0.25) is 5.91 Å². The molecule has 0 fully saturated rings. The zero-order chi connectivity index (χ0) is 20.4. The van der Waals surface area contributed by atoms with Crippen LogP contribution in [-0.4, -0.2) is 27.1 Å². The van der Waals surface area contributed by atoms with E-state index in [0.29, 0.717) is 17.0 Å².